The van der Waals surface area contributed by atoms with Gasteiger partial charge < -0.3 is 15.2 Å². The second kappa shape index (κ2) is 4.67. The molecule has 1 heterocycles. The molecule has 1 aliphatic carbocycles. The zero-order chi connectivity index (χ0) is 13.5. The Kier molecular flexibility index (Phi) is 3.13. The van der Waals surface area contributed by atoms with Crippen molar-refractivity contribution in [3.63, 3.8) is 0 Å². The summed E-state index contributed by atoms with van der Waals surface area (Å²) in [6.45, 7) is 3.39. The Morgan fingerprint density at radius 3 is 2.42 bits per heavy atom. The van der Waals surface area contributed by atoms with Gasteiger partial charge in [0.15, 0.2) is 11.5 Å². The first-order valence-electron chi connectivity index (χ1n) is 6.94. The fourth-order valence-electron chi connectivity index (χ4n) is 2.75. The number of nitrogens with two attached hydrogens (primary N) is 1. The van der Waals surface area contributed by atoms with Crippen LogP contribution in [0.15, 0.2) is 12.1 Å². The second-order valence-corrected chi connectivity index (χ2v) is 5.54. The van der Waals surface area contributed by atoms with Gasteiger partial charge in [-0.2, -0.15) is 0 Å². The van der Waals surface area contributed by atoms with Crippen molar-refractivity contribution < 1.29 is 13.9 Å². The molecule has 0 aromatic heterocycles. The largest absolute Gasteiger partial charge is 0.490 e. The van der Waals surface area contributed by atoms with Crippen molar-refractivity contribution >= 4 is 0 Å². The van der Waals surface area contributed by atoms with E-state index in [2.05, 4.69) is 0 Å². The number of hydrogen-bond donors (Lipinski definition) is 1. The lowest BCUT2D eigenvalue weighted by Crippen LogP contribution is -2.21. The van der Waals surface area contributed by atoms with Crippen LogP contribution in [0, 0.1) is 0 Å². The van der Waals surface area contributed by atoms with Crippen LogP contribution < -0.4 is 15.2 Å². The van der Waals surface area contributed by atoms with Crippen molar-refractivity contribution in [3.05, 3.63) is 23.3 Å². The van der Waals surface area contributed by atoms with Crippen molar-refractivity contribution in [3.8, 4) is 11.5 Å². The summed E-state index contributed by atoms with van der Waals surface area (Å²) in [6, 6.07) is 3.75. The molecule has 3 nitrogen and oxygen atoms in total. The highest BCUT2D eigenvalue weighted by atomic mass is 19.1. The lowest BCUT2D eigenvalue weighted by molar-refractivity contribution is 0.296. The Morgan fingerprint density at radius 2 is 1.89 bits per heavy atom. The van der Waals surface area contributed by atoms with E-state index in [0.717, 1.165) is 30.6 Å². The summed E-state index contributed by atoms with van der Waals surface area (Å²) in [6.07, 6.45) is 1.90. The standard InChI is InChI=1S/C15H20FNO2/c1-10(16)11-7-13-14(19-6-2-5-18-13)8-12(11)15(9-17)3-4-15/h7-8,10H,2-6,9,17H2,1H3. The molecular formula is C15H20FNO2. The molecule has 1 saturated carbocycles. The van der Waals surface area contributed by atoms with Crippen LogP contribution in [0.4, 0.5) is 4.39 Å². The fraction of sp³-hybridized carbons (Fsp3) is 0.600. The summed E-state index contributed by atoms with van der Waals surface area (Å²) in [5.74, 6) is 1.39. The second-order valence-electron chi connectivity index (χ2n) is 5.54. The monoisotopic (exact) mass is 265 g/mol. The molecule has 2 N–H and O–H groups in total. The maximum Gasteiger partial charge on any atom is 0.161 e. The van der Waals surface area contributed by atoms with Crippen LogP contribution in [-0.2, 0) is 5.41 Å². The zero-order valence-electron chi connectivity index (χ0n) is 11.2. The third-order valence-corrected chi connectivity index (χ3v) is 4.16. The summed E-state index contributed by atoms with van der Waals surface area (Å²) in [7, 11) is 0. The third-order valence-electron chi connectivity index (χ3n) is 4.16. The lowest BCUT2D eigenvalue weighted by atomic mass is 9.89. The predicted molar refractivity (Wildman–Crippen MR) is 71.5 cm³/mol. The molecule has 1 aromatic carbocycles. The number of alkyl halides is 1. The summed E-state index contributed by atoms with van der Waals surface area (Å²) in [4.78, 5) is 0. The Bertz CT molecular complexity index is 483. The highest BCUT2D eigenvalue weighted by molar-refractivity contribution is 5.52. The zero-order valence-corrected chi connectivity index (χ0v) is 11.2. The first-order chi connectivity index (χ1) is 9.16. The summed E-state index contributed by atoms with van der Waals surface area (Å²) in [5, 5.41) is 0. The van der Waals surface area contributed by atoms with Crippen LogP contribution in [0.3, 0.4) is 0 Å². The number of halogens is 1. The molecule has 1 aromatic rings. The molecule has 1 fully saturated rings. The van der Waals surface area contributed by atoms with E-state index in [1.54, 1.807) is 13.0 Å². The van der Waals surface area contributed by atoms with Gasteiger partial charge in [0.2, 0.25) is 0 Å². The summed E-state index contributed by atoms with van der Waals surface area (Å²) < 4.78 is 25.3. The molecule has 0 radical (unpaired) electrons. The van der Waals surface area contributed by atoms with Crippen molar-refractivity contribution in [2.75, 3.05) is 19.8 Å². The molecule has 3 rings (SSSR count). The van der Waals surface area contributed by atoms with Crippen molar-refractivity contribution in [2.24, 2.45) is 5.73 Å². The van der Waals surface area contributed by atoms with Gasteiger partial charge in [-0.25, -0.2) is 4.39 Å². The molecule has 0 bridgehead atoms. The SMILES string of the molecule is CC(F)c1cc2c(cc1C1(CN)CC1)OCCCO2. The van der Waals surface area contributed by atoms with E-state index in [1.165, 1.54) is 0 Å². The molecule has 2 aliphatic rings. The van der Waals surface area contributed by atoms with E-state index >= 15 is 0 Å². The lowest BCUT2D eigenvalue weighted by Gasteiger charge is -2.21. The van der Waals surface area contributed by atoms with Crippen LogP contribution in [0.1, 0.15) is 43.5 Å². The average Bonchev–Trinajstić information content (AvgIpc) is 3.21. The molecule has 0 saturated heterocycles. The Hall–Kier alpha value is -1.29. The number of hydrogen-bond acceptors (Lipinski definition) is 3. The third kappa shape index (κ3) is 2.18. The normalized spacial score (nSPS) is 21.6. The highest BCUT2D eigenvalue weighted by Gasteiger charge is 2.45. The van der Waals surface area contributed by atoms with Gasteiger partial charge >= 0.3 is 0 Å². The van der Waals surface area contributed by atoms with E-state index in [1.807, 2.05) is 6.07 Å². The first-order valence-corrected chi connectivity index (χ1v) is 6.94. The van der Waals surface area contributed by atoms with Gasteiger partial charge in [-0.3, -0.25) is 0 Å². The number of benzene rings is 1. The minimum atomic E-state index is -1.02. The molecule has 104 valence electrons. The van der Waals surface area contributed by atoms with E-state index in [-0.39, 0.29) is 5.41 Å². The van der Waals surface area contributed by atoms with E-state index in [0.29, 0.717) is 31.1 Å². The molecule has 1 atom stereocenters. The van der Waals surface area contributed by atoms with Crippen molar-refractivity contribution in [2.45, 2.75) is 37.8 Å². The molecule has 19 heavy (non-hydrogen) atoms. The van der Waals surface area contributed by atoms with Crippen LogP contribution in [-0.4, -0.2) is 19.8 Å². The van der Waals surface area contributed by atoms with E-state index < -0.39 is 6.17 Å². The fourth-order valence-corrected chi connectivity index (χ4v) is 2.75. The van der Waals surface area contributed by atoms with Gasteiger partial charge in [0.25, 0.3) is 0 Å². The maximum absolute atomic E-state index is 13.9. The topological polar surface area (TPSA) is 44.5 Å². The maximum atomic E-state index is 13.9. The number of fused-ring (bicyclic) bond motifs is 1. The molecule has 0 spiro atoms. The van der Waals surface area contributed by atoms with Gasteiger partial charge in [-0.05, 0) is 43.0 Å². The predicted octanol–water partition coefficient (Wildman–Crippen LogP) is 2.87. The van der Waals surface area contributed by atoms with Gasteiger partial charge in [0.1, 0.15) is 6.17 Å². The molecule has 0 amide bonds. The van der Waals surface area contributed by atoms with Crippen molar-refractivity contribution in [1.82, 2.24) is 0 Å². The Balaban J connectivity index is 2.09. The van der Waals surface area contributed by atoms with E-state index in [4.69, 9.17) is 15.2 Å². The quantitative estimate of drug-likeness (QED) is 0.914. The van der Waals surface area contributed by atoms with E-state index in [9.17, 15) is 4.39 Å². The first kappa shape index (κ1) is 12.7. The summed E-state index contributed by atoms with van der Waals surface area (Å²) >= 11 is 0. The summed E-state index contributed by atoms with van der Waals surface area (Å²) in [5.41, 5.74) is 7.55. The smallest absolute Gasteiger partial charge is 0.161 e. The van der Waals surface area contributed by atoms with Crippen LogP contribution in [0.25, 0.3) is 0 Å². The Morgan fingerprint density at radius 1 is 1.26 bits per heavy atom. The molecule has 1 aliphatic heterocycles. The number of rotatable bonds is 3. The highest BCUT2D eigenvalue weighted by Crippen LogP contribution is 2.52. The van der Waals surface area contributed by atoms with Crippen molar-refractivity contribution in [1.29, 1.82) is 0 Å². The number of ether oxygens (including phenoxy) is 2. The van der Waals surface area contributed by atoms with Crippen LogP contribution in [0.5, 0.6) is 11.5 Å². The van der Waals surface area contributed by atoms with Gasteiger partial charge in [0.05, 0.1) is 13.2 Å². The molecule has 4 heteroatoms. The molecular weight excluding hydrogens is 245 g/mol. The van der Waals surface area contributed by atoms with Gasteiger partial charge in [-0.1, -0.05) is 0 Å². The Labute approximate surface area is 112 Å². The van der Waals surface area contributed by atoms with Gasteiger partial charge in [0, 0.05) is 18.4 Å². The minimum Gasteiger partial charge on any atom is -0.490 e. The van der Waals surface area contributed by atoms with Crippen LogP contribution in [0.2, 0.25) is 0 Å². The van der Waals surface area contributed by atoms with Crippen LogP contribution >= 0.6 is 0 Å². The molecule has 1 unspecified atom stereocenters. The minimum absolute atomic E-state index is 0.0413. The van der Waals surface area contributed by atoms with Gasteiger partial charge in [-0.15, -0.1) is 0 Å². The average molecular weight is 265 g/mol.